The van der Waals surface area contributed by atoms with Crippen LogP contribution in [0.5, 0.6) is 0 Å². The molecule has 1 unspecified atom stereocenters. The molecule has 2 aliphatic rings. The van der Waals surface area contributed by atoms with Crippen LogP contribution >= 0.6 is 0 Å². The summed E-state index contributed by atoms with van der Waals surface area (Å²) in [6.45, 7) is 3.54. The lowest BCUT2D eigenvalue weighted by atomic mass is 9.78. The predicted molar refractivity (Wildman–Crippen MR) is 177 cm³/mol. The third-order valence-corrected chi connectivity index (χ3v) is 9.85. The number of nitrogens with zero attached hydrogens (tertiary/aromatic N) is 5. The molecule has 2 fully saturated rings. The number of carboxylic acid groups (broad SMARTS) is 1. The van der Waals surface area contributed by atoms with E-state index in [4.69, 9.17) is 5.73 Å². The molecule has 1 aromatic heterocycles. The van der Waals surface area contributed by atoms with E-state index in [1.54, 1.807) is 11.9 Å². The molecule has 0 spiro atoms. The lowest BCUT2D eigenvalue weighted by Crippen LogP contribution is -2.58. The summed E-state index contributed by atoms with van der Waals surface area (Å²) in [5, 5.41) is 9.19. The summed E-state index contributed by atoms with van der Waals surface area (Å²) in [6, 6.07) is 0.592. The number of amides is 1. The van der Waals surface area contributed by atoms with Crippen LogP contribution in [0.25, 0.3) is 5.57 Å². The molecule has 3 atom stereocenters. The zero-order chi connectivity index (χ0) is 36.8. The number of carbonyl (C=O) groups is 2. The number of alkyl halides is 6. The first-order chi connectivity index (χ1) is 23.6. The van der Waals surface area contributed by atoms with Gasteiger partial charge in [-0.05, 0) is 81.0 Å². The molecule has 3 N–H and O–H groups in total. The Morgan fingerprint density at radius 3 is 1.94 bits per heavy atom. The molecule has 0 bridgehead atoms. The Kier molecular flexibility index (Phi) is 12.5. The first kappa shape index (κ1) is 38.6. The van der Waals surface area contributed by atoms with E-state index in [2.05, 4.69) is 15.0 Å². The smallest absolute Gasteiger partial charge is 0.416 e. The van der Waals surface area contributed by atoms with Crippen molar-refractivity contribution in [3.63, 3.8) is 0 Å². The van der Waals surface area contributed by atoms with E-state index in [-0.39, 0.29) is 60.4 Å². The number of hydrogen-bond acceptors (Lipinski definition) is 7. The van der Waals surface area contributed by atoms with Gasteiger partial charge in [-0.2, -0.15) is 26.3 Å². The summed E-state index contributed by atoms with van der Waals surface area (Å²) in [4.78, 5) is 41.7. The molecule has 4 rings (SSSR count). The van der Waals surface area contributed by atoms with E-state index in [0.29, 0.717) is 62.5 Å². The molecule has 2 aromatic rings. The SMILES string of the molecule is CC[C@@H]1CC(N(Cc2cc(C(F)(F)F)cc(C(F)(F)F)c2)c2ncc(C(C=NC)=CN)cn2)C[C@H](CC)N1C(=O)C1CCC(CC(=O)O)CC1. The van der Waals surface area contributed by atoms with E-state index >= 15 is 0 Å². The fraction of sp³-hybridized carbons (Fsp3) is 0.571. The highest BCUT2D eigenvalue weighted by Gasteiger charge is 2.43. The topological polar surface area (TPSA) is 125 Å². The Balaban J connectivity index is 1.70. The maximum absolute atomic E-state index is 14.0. The summed E-state index contributed by atoms with van der Waals surface area (Å²) >= 11 is 0. The van der Waals surface area contributed by atoms with Gasteiger partial charge in [-0.25, -0.2) is 9.97 Å². The highest BCUT2D eigenvalue weighted by molar-refractivity contribution is 6.09. The second-order valence-electron chi connectivity index (χ2n) is 13.1. The van der Waals surface area contributed by atoms with Crippen LogP contribution in [0.2, 0.25) is 0 Å². The molecular formula is C35H44F6N6O3. The van der Waals surface area contributed by atoms with Gasteiger partial charge in [-0.3, -0.25) is 14.6 Å². The van der Waals surface area contributed by atoms with Crippen molar-refractivity contribution in [3.05, 3.63) is 59.0 Å². The number of halogens is 6. The van der Waals surface area contributed by atoms with Gasteiger partial charge in [0.05, 0.1) is 11.1 Å². The predicted octanol–water partition coefficient (Wildman–Crippen LogP) is 7.35. The zero-order valence-electron chi connectivity index (χ0n) is 28.3. The van der Waals surface area contributed by atoms with Gasteiger partial charge in [0, 0.05) is 80.0 Å². The van der Waals surface area contributed by atoms with E-state index in [1.165, 1.54) is 24.8 Å². The molecule has 1 saturated heterocycles. The minimum absolute atomic E-state index is 0.00876. The number of carbonyl (C=O) groups excluding carboxylic acids is 1. The zero-order valence-corrected chi connectivity index (χ0v) is 28.3. The van der Waals surface area contributed by atoms with Crippen LogP contribution in [0.3, 0.4) is 0 Å². The van der Waals surface area contributed by atoms with Crippen molar-refractivity contribution in [1.82, 2.24) is 14.9 Å². The van der Waals surface area contributed by atoms with Gasteiger partial charge < -0.3 is 20.6 Å². The summed E-state index contributed by atoms with van der Waals surface area (Å²) < 4.78 is 82.9. The van der Waals surface area contributed by atoms with Gasteiger partial charge in [0.15, 0.2) is 0 Å². The second-order valence-corrected chi connectivity index (χ2v) is 13.1. The van der Waals surface area contributed by atoms with Crippen molar-refractivity contribution in [2.75, 3.05) is 11.9 Å². The average Bonchev–Trinajstić information content (AvgIpc) is 3.08. The van der Waals surface area contributed by atoms with Crippen molar-refractivity contribution in [2.24, 2.45) is 22.6 Å². The Bertz CT molecular complexity index is 1490. The maximum Gasteiger partial charge on any atom is 0.416 e. The summed E-state index contributed by atoms with van der Waals surface area (Å²) in [7, 11) is 1.56. The van der Waals surface area contributed by atoms with Crippen molar-refractivity contribution in [3.8, 4) is 0 Å². The fourth-order valence-corrected chi connectivity index (χ4v) is 7.30. The van der Waals surface area contributed by atoms with Gasteiger partial charge in [-0.1, -0.05) is 13.8 Å². The Morgan fingerprint density at radius 1 is 0.960 bits per heavy atom. The Morgan fingerprint density at radius 2 is 1.50 bits per heavy atom. The van der Waals surface area contributed by atoms with Crippen LogP contribution in [0, 0.1) is 11.8 Å². The molecule has 274 valence electrons. The monoisotopic (exact) mass is 710 g/mol. The van der Waals surface area contributed by atoms with Gasteiger partial charge in [0.2, 0.25) is 11.9 Å². The average molecular weight is 711 g/mol. The molecule has 2 heterocycles. The van der Waals surface area contributed by atoms with Crippen LogP contribution in [-0.2, 0) is 28.5 Å². The Hall–Kier alpha value is -4.17. The minimum atomic E-state index is -5.01. The number of rotatable bonds is 11. The van der Waals surface area contributed by atoms with E-state index in [0.717, 1.165) is 12.1 Å². The number of likely N-dealkylation sites (tertiary alicyclic amines) is 1. The fourth-order valence-electron chi connectivity index (χ4n) is 7.30. The normalized spacial score (nSPS) is 23.7. The molecule has 1 aromatic carbocycles. The highest BCUT2D eigenvalue weighted by Crippen LogP contribution is 2.40. The first-order valence-corrected chi connectivity index (χ1v) is 16.8. The standard InChI is InChI=1S/C35H44F6N6O3/c1-4-28-14-30(15-29(5-2)47(28)32(50)23-8-6-21(7-9-23)12-31(48)49)46(33-44-18-25(19-45-33)24(16-42)17-43-3)20-22-10-26(34(36,37)38)13-27(11-22)35(39,40)41/h10-11,13,16-19,21,23,28-30H,4-9,12,14-15,20,42H2,1-3H3,(H,48,49)/t21?,23?,28-,29+,30?. The van der Waals surface area contributed by atoms with E-state index in [9.17, 15) is 41.0 Å². The molecule has 1 aliphatic carbocycles. The van der Waals surface area contributed by atoms with Gasteiger partial charge in [0.1, 0.15) is 0 Å². The molecule has 0 radical (unpaired) electrons. The number of allylic oxidation sites excluding steroid dienone is 1. The molecule has 9 nitrogen and oxygen atoms in total. The highest BCUT2D eigenvalue weighted by atomic mass is 19.4. The number of aromatic nitrogens is 2. The van der Waals surface area contributed by atoms with Crippen LogP contribution in [0.15, 0.2) is 41.8 Å². The van der Waals surface area contributed by atoms with Crippen LogP contribution in [-0.4, -0.2) is 63.2 Å². The largest absolute Gasteiger partial charge is 0.481 e. The lowest BCUT2D eigenvalue weighted by Gasteiger charge is -2.49. The van der Waals surface area contributed by atoms with Crippen LogP contribution in [0.4, 0.5) is 32.3 Å². The maximum atomic E-state index is 14.0. The van der Waals surface area contributed by atoms with Crippen molar-refractivity contribution in [2.45, 2.75) is 109 Å². The van der Waals surface area contributed by atoms with Crippen LogP contribution < -0.4 is 10.6 Å². The van der Waals surface area contributed by atoms with Gasteiger partial charge >= 0.3 is 18.3 Å². The summed E-state index contributed by atoms with van der Waals surface area (Å²) in [5.41, 5.74) is 3.72. The summed E-state index contributed by atoms with van der Waals surface area (Å²) in [6.07, 6.45) is 0.213. The van der Waals surface area contributed by atoms with Crippen LogP contribution in [0.1, 0.15) is 93.9 Å². The number of aliphatic carboxylic acids is 1. The molecule has 15 heteroatoms. The van der Waals surface area contributed by atoms with Gasteiger partial charge in [0.25, 0.3) is 0 Å². The number of anilines is 1. The molecule has 1 aliphatic heterocycles. The first-order valence-electron chi connectivity index (χ1n) is 16.8. The van der Waals surface area contributed by atoms with Crippen molar-refractivity contribution >= 4 is 29.6 Å². The Labute approximate surface area is 287 Å². The molecule has 1 saturated carbocycles. The van der Waals surface area contributed by atoms with Crippen molar-refractivity contribution in [1.29, 1.82) is 0 Å². The second kappa shape index (κ2) is 16.2. The third kappa shape index (κ3) is 9.33. The minimum Gasteiger partial charge on any atom is -0.481 e. The van der Waals surface area contributed by atoms with Crippen molar-refractivity contribution < 1.29 is 41.0 Å². The van der Waals surface area contributed by atoms with E-state index in [1.807, 2.05) is 18.7 Å². The quantitative estimate of drug-likeness (QED) is 0.185. The number of carboxylic acids is 1. The summed E-state index contributed by atoms with van der Waals surface area (Å²) in [5.74, 6) is -0.946. The van der Waals surface area contributed by atoms with E-state index < -0.39 is 35.5 Å². The van der Waals surface area contributed by atoms with Gasteiger partial charge in [-0.15, -0.1) is 0 Å². The lowest BCUT2D eigenvalue weighted by molar-refractivity contribution is -0.145. The number of hydrogen-bond donors (Lipinski definition) is 2. The number of benzene rings is 1. The molecular weight excluding hydrogens is 666 g/mol. The molecule has 1 amide bonds. The number of aliphatic imine (C=N–C) groups is 1. The third-order valence-electron chi connectivity index (χ3n) is 9.85. The molecule has 50 heavy (non-hydrogen) atoms. The number of nitrogens with two attached hydrogens (primary N) is 1. The number of piperidine rings is 1.